The molecular weight excluding hydrogens is 241 g/mol. The lowest BCUT2D eigenvalue weighted by Crippen LogP contribution is -1.91. The summed E-state index contributed by atoms with van der Waals surface area (Å²) in [5, 5.41) is 15.1. The first-order chi connectivity index (χ1) is 3.68. The van der Waals surface area contributed by atoms with E-state index in [1.807, 2.05) is 0 Å². The first-order valence-electron chi connectivity index (χ1n) is 1.50. The highest BCUT2D eigenvalue weighted by molar-refractivity contribution is 14.1. The van der Waals surface area contributed by atoms with Crippen LogP contribution in [0, 0.1) is 5.41 Å². The van der Waals surface area contributed by atoms with Crippen molar-refractivity contribution in [3.05, 3.63) is 0 Å². The Balaban J connectivity index is 0. The summed E-state index contributed by atoms with van der Waals surface area (Å²) in [7, 11) is 0. The van der Waals surface area contributed by atoms with Gasteiger partial charge >= 0.3 is 5.97 Å². The van der Waals surface area contributed by atoms with Gasteiger partial charge in [-0.05, 0) is 12.2 Å². The third kappa shape index (κ3) is 37.5. The molecule has 0 amide bonds. The van der Waals surface area contributed by atoms with Crippen LogP contribution in [0.1, 0.15) is 0 Å². The second kappa shape index (κ2) is 10.1. The van der Waals surface area contributed by atoms with Crippen LogP contribution in [0.2, 0.25) is 0 Å². The van der Waals surface area contributed by atoms with Crippen molar-refractivity contribution in [1.29, 1.82) is 5.41 Å². The molecule has 3 nitrogen and oxygen atoms in total. The van der Waals surface area contributed by atoms with E-state index >= 15 is 0 Å². The molecule has 2 N–H and O–H groups in total. The Morgan fingerprint density at radius 2 is 2.12 bits per heavy atom. The van der Waals surface area contributed by atoms with Crippen LogP contribution in [-0.2, 0) is 4.79 Å². The maximum Gasteiger partial charge on any atom is 0.313 e. The molecule has 0 rings (SSSR count). The summed E-state index contributed by atoms with van der Waals surface area (Å²) in [5.74, 6) is -0.759. The normalized spacial score (nSPS) is 5.62. The third-order valence-electron chi connectivity index (χ3n) is 0.114. The van der Waals surface area contributed by atoms with Crippen molar-refractivity contribution < 1.29 is 9.90 Å². The molecule has 0 heterocycles. The summed E-state index contributed by atoms with van der Waals surface area (Å²) in [6, 6.07) is 0. The summed E-state index contributed by atoms with van der Waals surface area (Å²) >= 11 is 5.59. The minimum absolute atomic E-state index is 0.192. The van der Waals surface area contributed by atoms with Crippen LogP contribution in [0.3, 0.4) is 0 Å². The van der Waals surface area contributed by atoms with E-state index < -0.39 is 5.97 Å². The molecule has 0 saturated carbocycles. The molecule has 5 heteroatoms. The maximum absolute atomic E-state index is 9.36. The number of carboxylic acid groups (broad SMARTS) is 1. The zero-order chi connectivity index (χ0) is 6.99. The van der Waals surface area contributed by atoms with Crippen LogP contribution >= 0.6 is 34.8 Å². The fourth-order valence-electron chi connectivity index (χ4n) is 0. The number of isothiocyanates is 1. The molecule has 0 aliphatic carbocycles. The van der Waals surface area contributed by atoms with Gasteiger partial charge < -0.3 is 5.11 Å². The molecule has 0 aromatic heterocycles. The van der Waals surface area contributed by atoms with Gasteiger partial charge in [-0.2, -0.15) is 0 Å². The molecule has 0 aliphatic heterocycles. The smallest absolute Gasteiger partial charge is 0.313 e. The van der Waals surface area contributed by atoms with Crippen LogP contribution in [0.25, 0.3) is 0 Å². The van der Waals surface area contributed by atoms with Crippen molar-refractivity contribution in [2.75, 3.05) is 4.43 Å². The molecule has 0 unspecified atom stereocenters. The van der Waals surface area contributed by atoms with Crippen LogP contribution < -0.4 is 0 Å². The summed E-state index contributed by atoms with van der Waals surface area (Å²) < 4.78 is 0.192. The number of thiocarbonyl (C=S) groups is 1. The van der Waals surface area contributed by atoms with Crippen LogP contribution in [0.15, 0.2) is 0 Å². The standard InChI is InChI=1S/C2H3IO2.CHNS/c3-1-2(4)5;2-1-3/h1H2,(H,4,5);2H. The first-order valence-corrected chi connectivity index (χ1v) is 3.44. The largest absolute Gasteiger partial charge is 0.481 e. The van der Waals surface area contributed by atoms with Gasteiger partial charge in [0, 0.05) is 0 Å². The van der Waals surface area contributed by atoms with Gasteiger partial charge in [0.25, 0.3) is 0 Å². The zero-order valence-electron chi connectivity index (χ0n) is 3.85. The van der Waals surface area contributed by atoms with Crippen LogP contribution in [-0.4, -0.2) is 20.7 Å². The lowest BCUT2D eigenvalue weighted by molar-refractivity contribution is -0.133. The molecule has 8 heavy (non-hydrogen) atoms. The van der Waals surface area contributed by atoms with Crippen LogP contribution in [0.4, 0.5) is 0 Å². The average molecular weight is 245 g/mol. The SMILES string of the molecule is N=C=S.O=C(O)CI. The van der Waals surface area contributed by atoms with Gasteiger partial charge in [-0.3, -0.25) is 4.79 Å². The highest BCUT2D eigenvalue weighted by Gasteiger charge is 1.82. The first kappa shape index (κ1) is 10.9. The van der Waals surface area contributed by atoms with Gasteiger partial charge in [0.2, 0.25) is 0 Å². The Hall–Kier alpha value is 0. The van der Waals surface area contributed by atoms with Gasteiger partial charge in [-0.15, -0.1) is 0 Å². The van der Waals surface area contributed by atoms with Crippen molar-refractivity contribution >= 4 is 45.9 Å². The Morgan fingerprint density at radius 3 is 2.12 bits per heavy atom. The lowest BCUT2D eigenvalue weighted by atomic mass is 10.9. The van der Waals surface area contributed by atoms with Crippen molar-refractivity contribution in [3.63, 3.8) is 0 Å². The van der Waals surface area contributed by atoms with Gasteiger partial charge in [0.1, 0.15) is 0 Å². The number of halogens is 1. The van der Waals surface area contributed by atoms with Crippen molar-refractivity contribution in [3.8, 4) is 0 Å². The Bertz CT molecular complexity index is 99.5. The second-order valence-corrected chi connectivity index (χ2v) is 1.60. The predicted octanol–water partition coefficient (Wildman–Crippen LogP) is 1.17. The maximum atomic E-state index is 9.36. The van der Waals surface area contributed by atoms with Crippen molar-refractivity contribution in [1.82, 2.24) is 0 Å². The van der Waals surface area contributed by atoms with Crippen molar-refractivity contribution in [2.45, 2.75) is 0 Å². The highest BCUT2D eigenvalue weighted by atomic mass is 127. The molecule has 0 spiro atoms. The van der Waals surface area contributed by atoms with Gasteiger partial charge in [-0.1, -0.05) is 22.6 Å². The topological polar surface area (TPSA) is 61.2 Å². The highest BCUT2D eigenvalue weighted by Crippen LogP contribution is 1.75. The number of hydrogen-bond donors (Lipinski definition) is 2. The van der Waals surface area contributed by atoms with E-state index in [1.165, 1.54) is 0 Å². The summed E-state index contributed by atoms with van der Waals surface area (Å²) in [6.45, 7) is 0. The predicted molar refractivity (Wildman–Crippen MR) is 41.8 cm³/mol. The molecule has 0 aromatic carbocycles. The van der Waals surface area contributed by atoms with E-state index in [1.54, 1.807) is 27.8 Å². The molecule has 0 fully saturated rings. The minimum atomic E-state index is -0.759. The summed E-state index contributed by atoms with van der Waals surface area (Å²) in [4.78, 5) is 9.36. The van der Waals surface area contributed by atoms with Crippen molar-refractivity contribution in [2.24, 2.45) is 0 Å². The number of carbonyl (C=O) groups is 1. The molecule has 0 saturated heterocycles. The fraction of sp³-hybridized carbons (Fsp3) is 0.333. The molecule has 0 radical (unpaired) electrons. The number of hydrogen-bond acceptors (Lipinski definition) is 3. The lowest BCUT2D eigenvalue weighted by Gasteiger charge is -1.70. The molecule has 0 aliphatic rings. The van der Waals surface area contributed by atoms with Gasteiger partial charge in [0.05, 0.1) is 9.59 Å². The van der Waals surface area contributed by atoms with Gasteiger partial charge in [0.15, 0.2) is 0 Å². The Morgan fingerprint density at radius 1 is 2.00 bits per heavy atom. The number of rotatable bonds is 1. The minimum Gasteiger partial charge on any atom is -0.481 e. The summed E-state index contributed by atoms with van der Waals surface area (Å²) in [6.07, 6.45) is 0. The van der Waals surface area contributed by atoms with E-state index in [4.69, 9.17) is 10.5 Å². The average Bonchev–Trinajstić information content (AvgIpc) is 1.69. The molecule has 0 atom stereocenters. The van der Waals surface area contributed by atoms with E-state index in [2.05, 4.69) is 12.2 Å². The number of aliphatic carboxylic acids is 1. The van der Waals surface area contributed by atoms with Crippen LogP contribution in [0.5, 0.6) is 0 Å². The molecule has 0 bridgehead atoms. The Kier molecular flexibility index (Phi) is 13.7. The number of alkyl halides is 1. The molecule has 0 aromatic rings. The zero-order valence-corrected chi connectivity index (χ0v) is 6.82. The Labute approximate surface area is 65.7 Å². The monoisotopic (exact) mass is 245 g/mol. The summed E-state index contributed by atoms with van der Waals surface area (Å²) in [5.41, 5.74) is 0. The number of carboxylic acids is 1. The third-order valence-corrected chi connectivity index (χ3v) is 0.767. The second-order valence-electron chi connectivity index (χ2n) is 0.629. The van der Waals surface area contributed by atoms with E-state index in [0.29, 0.717) is 0 Å². The quantitative estimate of drug-likeness (QED) is 0.315. The number of nitrogens with one attached hydrogen (secondary N) is 1. The molecular formula is C3H4INO2S. The fourth-order valence-corrected chi connectivity index (χ4v) is 0. The van der Waals surface area contributed by atoms with E-state index in [9.17, 15) is 4.79 Å². The van der Waals surface area contributed by atoms with E-state index in [0.717, 1.165) is 0 Å². The molecule has 46 valence electrons. The van der Waals surface area contributed by atoms with Gasteiger partial charge in [-0.25, -0.2) is 5.41 Å². The van der Waals surface area contributed by atoms with E-state index in [-0.39, 0.29) is 4.43 Å².